The summed E-state index contributed by atoms with van der Waals surface area (Å²) < 4.78 is 14.2. The number of benzene rings is 2. The van der Waals surface area contributed by atoms with Gasteiger partial charge in [0, 0.05) is 10.0 Å². The zero-order valence-corrected chi connectivity index (χ0v) is 12.9. The lowest BCUT2D eigenvalue weighted by Gasteiger charge is -2.05. The highest BCUT2D eigenvalue weighted by molar-refractivity contribution is 9.10. The quantitative estimate of drug-likeness (QED) is 0.659. The first-order valence-electron chi connectivity index (χ1n) is 5.80. The standard InChI is InChI=1S/C14H9BrN2O2S/c1-19-14(18)9-4-2-8(3-5-9)10-6-7-11(15)13-12(10)16-20-17-13/h2-7H,1H3. The van der Waals surface area contributed by atoms with Crippen LogP contribution in [0.5, 0.6) is 0 Å². The molecule has 0 atom stereocenters. The molecule has 3 rings (SSSR count). The van der Waals surface area contributed by atoms with Gasteiger partial charge in [-0.2, -0.15) is 8.75 Å². The van der Waals surface area contributed by atoms with E-state index in [-0.39, 0.29) is 5.97 Å². The van der Waals surface area contributed by atoms with Gasteiger partial charge >= 0.3 is 5.97 Å². The first kappa shape index (κ1) is 13.2. The molecule has 0 N–H and O–H groups in total. The maximum atomic E-state index is 11.4. The molecular weight excluding hydrogens is 340 g/mol. The molecule has 0 radical (unpaired) electrons. The smallest absolute Gasteiger partial charge is 0.337 e. The molecule has 0 spiro atoms. The molecular formula is C14H9BrN2O2S. The van der Waals surface area contributed by atoms with Gasteiger partial charge in [0.25, 0.3) is 0 Å². The van der Waals surface area contributed by atoms with Gasteiger partial charge in [0.05, 0.1) is 24.4 Å². The highest BCUT2D eigenvalue weighted by atomic mass is 79.9. The third kappa shape index (κ3) is 2.21. The van der Waals surface area contributed by atoms with Gasteiger partial charge in [-0.25, -0.2) is 4.79 Å². The zero-order chi connectivity index (χ0) is 14.1. The molecule has 4 nitrogen and oxygen atoms in total. The summed E-state index contributed by atoms with van der Waals surface area (Å²) in [6.07, 6.45) is 0. The molecule has 0 saturated heterocycles. The van der Waals surface area contributed by atoms with Gasteiger partial charge < -0.3 is 4.74 Å². The van der Waals surface area contributed by atoms with Crippen molar-refractivity contribution in [1.29, 1.82) is 0 Å². The number of fused-ring (bicyclic) bond motifs is 1. The predicted octanol–water partition coefficient (Wildman–Crippen LogP) is 3.91. The maximum absolute atomic E-state index is 11.4. The van der Waals surface area contributed by atoms with Crippen molar-refractivity contribution in [3.05, 3.63) is 46.4 Å². The number of hydrogen-bond acceptors (Lipinski definition) is 5. The molecule has 100 valence electrons. The minimum Gasteiger partial charge on any atom is -0.465 e. The van der Waals surface area contributed by atoms with E-state index in [0.717, 1.165) is 26.6 Å². The van der Waals surface area contributed by atoms with Gasteiger partial charge in [-0.1, -0.05) is 18.2 Å². The average molecular weight is 349 g/mol. The number of hydrogen-bond donors (Lipinski definition) is 0. The Morgan fingerprint density at radius 1 is 1.10 bits per heavy atom. The minimum absolute atomic E-state index is 0.340. The van der Waals surface area contributed by atoms with Gasteiger partial charge in [0.2, 0.25) is 0 Å². The first-order valence-corrected chi connectivity index (χ1v) is 7.32. The number of carbonyl (C=O) groups is 1. The maximum Gasteiger partial charge on any atom is 0.337 e. The lowest BCUT2D eigenvalue weighted by Crippen LogP contribution is -2.00. The lowest BCUT2D eigenvalue weighted by atomic mass is 10.0. The van der Waals surface area contributed by atoms with Crippen LogP contribution in [0.3, 0.4) is 0 Å². The third-order valence-electron chi connectivity index (χ3n) is 2.98. The van der Waals surface area contributed by atoms with E-state index in [2.05, 4.69) is 29.4 Å². The van der Waals surface area contributed by atoms with Crippen molar-refractivity contribution in [2.75, 3.05) is 7.11 Å². The Hall–Kier alpha value is -1.79. The first-order chi connectivity index (χ1) is 9.70. The summed E-state index contributed by atoms with van der Waals surface area (Å²) in [5.41, 5.74) is 4.22. The summed E-state index contributed by atoms with van der Waals surface area (Å²) in [7, 11) is 1.37. The van der Waals surface area contributed by atoms with Crippen LogP contribution in [0.15, 0.2) is 40.9 Å². The molecule has 20 heavy (non-hydrogen) atoms. The number of aromatic nitrogens is 2. The second kappa shape index (κ2) is 5.30. The molecule has 3 aromatic rings. The number of rotatable bonds is 2. The molecule has 0 bridgehead atoms. The number of carbonyl (C=O) groups excluding carboxylic acids is 1. The number of methoxy groups -OCH3 is 1. The molecule has 0 saturated carbocycles. The third-order valence-corrected chi connectivity index (χ3v) is 4.15. The van der Waals surface area contributed by atoms with Crippen molar-refractivity contribution in [1.82, 2.24) is 8.75 Å². The Balaban J connectivity index is 2.09. The van der Waals surface area contributed by atoms with Crippen molar-refractivity contribution in [3.8, 4) is 11.1 Å². The van der Waals surface area contributed by atoms with Gasteiger partial charge in [0.15, 0.2) is 0 Å². The monoisotopic (exact) mass is 348 g/mol. The number of ether oxygens (including phenoxy) is 1. The van der Waals surface area contributed by atoms with Crippen molar-refractivity contribution in [3.63, 3.8) is 0 Å². The molecule has 2 aromatic carbocycles. The fourth-order valence-electron chi connectivity index (χ4n) is 1.97. The van der Waals surface area contributed by atoms with Crippen molar-refractivity contribution in [2.45, 2.75) is 0 Å². The molecule has 0 fully saturated rings. The summed E-state index contributed by atoms with van der Waals surface area (Å²) in [6, 6.07) is 11.2. The van der Waals surface area contributed by atoms with Crippen LogP contribution in [-0.2, 0) is 4.74 Å². The molecule has 0 aliphatic heterocycles. The SMILES string of the molecule is COC(=O)c1ccc(-c2ccc(Br)c3nsnc23)cc1. The Labute approximate surface area is 127 Å². The summed E-state index contributed by atoms with van der Waals surface area (Å²) in [5.74, 6) is -0.340. The summed E-state index contributed by atoms with van der Waals surface area (Å²) in [4.78, 5) is 11.4. The largest absolute Gasteiger partial charge is 0.465 e. The van der Waals surface area contributed by atoms with Crippen LogP contribution in [0, 0.1) is 0 Å². The van der Waals surface area contributed by atoms with Gasteiger partial charge in [-0.05, 0) is 39.7 Å². The van der Waals surface area contributed by atoms with Crippen LogP contribution in [0.2, 0.25) is 0 Å². The molecule has 6 heteroatoms. The molecule has 0 unspecified atom stereocenters. The highest BCUT2D eigenvalue weighted by Gasteiger charge is 2.11. The molecule has 1 aromatic heterocycles. The van der Waals surface area contributed by atoms with Crippen LogP contribution < -0.4 is 0 Å². The van der Waals surface area contributed by atoms with E-state index in [1.165, 1.54) is 18.8 Å². The van der Waals surface area contributed by atoms with E-state index in [0.29, 0.717) is 5.56 Å². The van der Waals surface area contributed by atoms with E-state index in [4.69, 9.17) is 0 Å². The Bertz CT molecular complexity index is 783. The number of nitrogens with zero attached hydrogens (tertiary/aromatic N) is 2. The van der Waals surface area contributed by atoms with Crippen molar-refractivity contribution < 1.29 is 9.53 Å². The second-order valence-corrected chi connectivity index (χ2v) is 5.51. The van der Waals surface area contributed by atoms with Crippen LogP contribution >= 0.6 is 27.7 Å². The van der Waals surface area contributed by atoms with E-state index in [1.54, 1.807) is 12.1 Å². The topological polar surface area (TPSA) is 52.1 Å². The Kier molecular flexibility index (Phi) is 3.50. The molecule has 0 aliphatic rings. The van der Waals surface area contributed by atoms with E-state index in [1.807, 2.05) is 24.3 Å². The summed E-state index contributed by atoms with van der Waals surface area (Å²) in [5, 5.41) is 0. The highest BCUT2D eigenvalue weighted by Crippen LogP contribution is 2.32. The van der Waals surface area contributed by atoms with Crippen molar-refractivity contribution in [2.24, 2.45) is 0 Å². The van der Waals surface area contributed by atoms with E-state index >= 15 is 0 Å². The number of halogens is 1. The van der Waals surface area contributed by atoms with Crippen LogP contribution in [0.4, 0.5) is 0 Å². The minimum atomic E-state index is -0.340. The van der Waals surface area contributed by atoms with Crippen LogP contribution in [-0.4, -0.2) is 21.8 Å². The van der Waals surface area contributed by atoms with E-state index < -0.39 is 0 Å². The summed E-state index contributed by atoms with van der Waals surface area (Å²) in [6.45, 7) is 0. The lowest BCUT2D eigenvalue weighted by molar-refractivity contribution is 0.0601. The molecule has 1 heterocycles. The number of esters is 1. The average Bonchev–Trinajstić information content (AvgIpc) is 2.97. The molecule has 0 aliphatic carbocycles. The second-order valence-electron chi connectivity index (χ2n) is 4.13. The van der Waals surface area contributed by atoms with E-state index in [9.17, 15) is 4.79 Å². The zero-order valence-electron chi connectivity index (χ0n) is 10.5. The van der Waals surface area contributed by atoms with Crippen LogP contribution in [0.1, 0.15) is 10.4 Å². The molecule has 0 amide bonds. The normalized spacial score (nSPS) is 10.7. The van der Waals surface area contributed by atoms with Crippen LogP contribution in [0.25, 0.3) is 22.2 Å². The predicted molar refractivity (Wildman–Crippen MR) is 81.9 cm³/mol. The Morgan fingerprint density at radius 2 is 1.80 bits per heavy atom. The fourth-order valence-corrected chi connectivity index (χ4v) is 3.07. The van der Waals surface area contributed by atoms with Gasteiger partial charge in [0.1, 0.15) is 11.0 Å². The van der Waals surface area contributed by atoms with Gasteiger partial charge in [-0.15, -0.1) is 0 Å². The van der Waals surface area contributed by atoms with Crippen molar-refractivity contribution >= 4 is 44.7 Å². The van der Waals surface area contributed by atoms with Gasteiger partial charge in [-0.3, -0.25) is 0 Å². The fraction of sp³-hybridized carbons (Fsp3) is 0.0714. The Morgan fingerprint density at radius 3 is 2.50 bits per heavy atom. The summed E-state index contributed by atoms with van der Waals surface area (Å²) >= 11 is 4.65.